The second-order valence-electron chi connectivity index (χ2n) is 42.6. The monoisotopic (exact) mass is 1830 g/mol. The van der Waals surface area contributed by atoms with Gasteiger partial charge in [0.1, 0.15) is 19.6 Å². The van der Waals surface area contributed by atoms with E-state index < -0.39 is 67.3 Å². The molecule has 0 N–H and O–H groups in total. The van der Waals surface area contributed by atoms with Crippen molar-refractivity contribution < 1.29 is 27.9 Å². The minimum Gasteiger partial charge on any atom is -0.460 e. The van der Waals surface area contributed by atoms with Gasteiger partial charge in [0, 0.05) is 22.3 Å². The maximum Gasteiger partial charge on any atom is 0.317 e. The Morgan fingerprint density at radius 3 is 0.588 bits per heavy atom. The number of hydrogen-bond acceptors (Lipinski definition) is 6. The van der Waals surface area contributed by atoms with Crippen molar-refractivity contribution in [1.29, 1.82) is 0 Å². The highest BCUT2D eigenvalue weighted by Crippen LogP contribution is 2.45. The predicted molar refractivity (Wildman–Crippen MR) is 577 cm³/mol. The normalized spacial score (nSPS) is 12.8. The van der Waals surface area contributed by atoms with Gasteiger partial charge in [0.05, 0.1) is 13.2 Å². The topological polar surface area (TPSA) is 71.1 Å². The van der Waals surface area contributed by atoms with Crippen LogP contribution in [0.15, 0.2) is 243 Å². The zero-order valence-corrected chi connectivity index (χ0v) is 88.7. The number of benzene rings is 14. The Balaban J connectivity index is 0.717. The molecule has 14 aromatic carbocycles. The van der Waals surface area contributed by atoms with Crippen LogP contribution in [-0.2, 0) is 54.3 Å². The summed E-state index contributed by atoms with van der Waals surface area (Å²) in [4.78, 5) is 27.3. The molecule has 0 heterocycles. The van der Waals surface area contributed by atoms with E-state index in [0.717, 1.165) is 120 Å². The summed E-state index contributed by atoms with van der Waals surface area (Å²) in [6.45, 7) is 62.1. The average Bonchev–Trinajstić information content (AvgIpc) is 0.728. The fourth-order valence-corrected chi connectivity index (χ4v) is 39.9. The van der Waals surface area contributed by atoms with Crippen molar-refractivity contribution in [2.45, 2.75) is 266 Å². The highest BCUT2D eigenvalue weighted by atomic mass is 28.4. The van der Waals surface area contributed by atoms with Gasteiger partial charge in [0.25, 0.3) is 0 Å². The Kier molecular flexibility index (Phi) is 28.5. The molecule has 0 aromatic heterocycles. The average molecular weight is 1830 g/mol. The lowest BCUT2D eigenvalue weighted by Crippen LogP contribution is -2.52. The molecule has 672 valence electrons. The van der Waals surface area contributed by atoms with Gasteiger partial charge in [-0.05, 0) is 258 Å². The summed E-state index contributed by atoms with van der Waals surface area (Å²) in [7, 11) is -14.5. The van der Waals surface area contributed by atoms with Crippen LogP contribution >= 0.6 is 0 Å². The molecule has 0 atom stereocenters. The zero-order valence-electron chi connectivity index (χ0n) is 82.7. The van der Waals surface area contributed by atoms with Crippen LogP contribution in [0.5, 0.6) is 0 Å². The fraction of sp³-hybridized carbons (Fsp3) is 0.345. The Hall–Kier alpha value is -10.4. The van der Waals surface area contributed by atoms with E-state index in [1.807, 2.05) is 0 Å². The van der Waals surface area contributed by atoms with E-state index in [-0.39, 0.29) is 45.5 Å². The smallest absolute Gasteiger partial charge is 0.317 e. The summed E-state index contributed by atoms with van der Waals surface area (Å²) in [6, 6.07) is 89.4. The number of rotatable bonds is 24. The minimum atomic E-state index is -2.73. The maximum atomic E-state index is 13.7. The Bertz CT molecular complexity index is 6290. The largest absolute Gasteiger partial charge is 0.460 e. The fourth-order valence-electron chi connectivity index (χ4n) is 20.2. The van der Waals surface area contributed by atoms with Crippen LogP contribution in [0.4, 0.5) is 0 Å². The second kappa shape index (κ2) is 38.6. The standard InChI is InChI=1S/C119H136O6Si6/c1-80(2)128(81(3)4,63-59-104-108-67-92-35-27-31-39-96(92)71-112(108)106(113-72-97-40-32-28-36-93(97)68-109(104)113)61-65-130(84(9)10,85(11)12)102-55-47-90(48-56-102)78-124-126(23,24)118(17,18)19)100-51-43-88(44-52-100)76-122-116(120)75-117(121)123-77-89-45-53-101(54-46-89)129(82(5)6,83(7)8)64-60-105-110-69-94-37-29-33-41-98(94)73-114(110)107(115-74-99-42-34-30-38-95(99)70-111(105)115)62-66-131(86(13)14,87(15)16)103-57-49-91(50-58-103)79-125-127(25,26)119(20,21)22/h27-58,67-74,80-87H,75-79H2,1-26H3. The van der Waals surface area contributed by atoms with Crippen molar-refractivity contribution in [1.82, 2.24) is 0 Å². The van der Waals surface area contributed by atoms with Crippen molar-refractivity contribution in [3.63, 3.8) is 0 Å². The Morgan fingerprint density at radius 2 is 0.427 bits per heavy atom. The number of ether oxygens (including phenoxy) is 2. The molecule has 0 saturated heterocycles. The van der Waals surface area contributed by atoms with Crippen molar-refractivity contribution in [2.24, 2.45) is 0 Å². The van der Waals surface area contributed by atoms with Gasteiger partial charge < -0.3 is 18.3 Å². The van der Waals surface area contributed by atoms with Crippen LogP contribution < -0.4 is 20.7 Å². The lowest BCUT2D eigenvalue weighted by atomic mass is 9.89. The number of carbonyl (C=O) groups excluding carboxylic acids is 2. The van der Waals surface area contributed by atoms with Crippen molar-refractivity contribution in [3.05, 3.63) is 287 Å². The molecule has 0 aliphatic heterocycles. The van der Waals surface area contributed by atoms with Crippen LogP contribution in [0.25, 0.3) is 86.2 Å². The SMILES string of the molecule is CC(C)[Si](C#Cc1c2cc3ccccc3cc2c(C#C[Si](c2ccc(CO[Si](C)(C)C(C)(C)C)cc2)(C(C)C)C(C)C)c2cc3ccccc3cc12)(c1ccc(COC(=O)CC(=O)OCc2ccc([Si](C#Cc3c4cc5ccccc5cc4c(C#C[Si](c4ccc(CO[Si](C)(C)C(C)(C)C)cc4)(C(C)C)C(C)C)c4cc5ccccc5cc34)(C(C)C)C(C)C)cc2)cc1)C(C)C. The Morgan fingerprint density at radius 1 is 0.260 bits per heavy atom. The lowest BCUT2D eigenvalue weighted by molar-refractivity contribution is -0.156. The maximum absolute atomic E-state index is 13.7. The van der Waals surface area contributed by atoms with Crippen LogP contribution in [0.2, 0.25) is 80.6 Å². The van der Waals surface area contributed by atoms with Gasteiger partial charge in [-0.1, -0.05) is 370 Å². The first kappa shape index (κ1) is 96.6. The van der Waals surface area contributed by atoms with E-state index in [1.54, 1.807) is 0 Å². The molecular weight excluding hydrogens is 1690 g/mol. The molecule has 131 heavy (non-hydrogen) atoms. The molecule has 12 heteroatoms. The summed E-state index contributed by atoms with van der Waals surface area (Å²) in [6.07, 6.45) is -0.511. The first-order valence-corrected chi connectivity index (χ1v) is 62.2. The van der Waals surface area contributed by atoms with Gasteiger partial charge in [-0.25, -0.2) is 0 Å². The zero-order chi connectivity index (χ0) is 94.2. The van der Waals surface area contributed by atoms with Crippen LogP contribution in [0, 0.1) is 45.9 Å². The van der Waals surface area contributed by atoms with E-state index in [9.17, 15) is 9.59 Å². The van der Waals surface area contributed by atoms with Gasteiger partial charge in [-0.15, -0.1) is 22.2 Å². The molecule has 0 radical (unpaired) electrons. The van der Waals surface area contributed by atoms with Crippen LogP contribution in [-0.4, -0.2) is 60.9 Å². The third-order valence-electron chi connectivity index (χ3n) is 30.2. The molecule has 14 rings (SSSR count). The third-order valence-corrected chi connectivity index (χ3v) is 61.0. The first-order chi connectivity index (χ1) is 62.0. The van der Waals surface area contributed by atoms with E-state index >= 15 is 0 Å². The van der Waals surface area contributed by atoms with E-state index in [0.29, 0.717) is 35.4 Å². The van der Waals surface area contributed by atoms with Gasteiger partial charge in [0.15, 0.2) is 48.9 Å². The molecule has 0 spiro atoms. The summed E-state index contributed by atoms with van der Waals surface area (Å²) in [5.74, 6) is 15.0. The van der Waals surface area contributed by atoms with E-state index in [2.05, 4.69) is 467 Å². The third kappa shape index (κ3) is 19.2. The first-order valence-electron chi connectivity index (χ1n) is 47.8. The summed E-state index contributed by atoms with van der Waals surface area (Å²) < 4.78 is 25.2. The van der Waals surface area contributed by atoms with Gasteiger partial charge >= 0.3 is 11.9 Å². The summed E-state index contributed by atoms with van der Waals surface area (Å²) >= 11 is 0. The molecule has 6 nitrogen and oxygen atoms in total. The number of esters is 2. The highest BCUT2D eigenvalue weighted by molar-refractivity contribution is 7.02. The summed E-state index contributed by atoms with van der Waals surface area (Å²) in [5, 5.41) is 23.5. The molecule has 0 aliphatic carbocycles. The lowest BCUT2D eigenvalue weighted by Gasteiger charge is -2.36. The predicted octanol–water partition coefficient (Wildman–Crippen LogP) is 29.4. The van der Waals surface area contributed by atoms with E-state index in [1.165, 1.54) is 31.9 Å². The molecule has 0 fully saturated rings. The molecule has 0 saturated carbocycles. The quantitative estimate of drug-likeness (QED) is 0.0197. The van der Waals surface area contributed by atoms with Gasteiger partial charge in [0.2, 0.25) is 0 Å². The van der Waals surface area contributed by atoms with Crippen molar-refractivity contribution in [2.75, 3.05) is 0 Å². The molecule has 0 unspecified atom stereocenters. The second-order valence-corrected chi connectivity index (χ2v) is 71.7. The molecular formula is C119H136O6Si6. The minimum absolute atomic E-state index is 0.00843. The van der Waals surface area contributed by atoms with Crippen LogP contribution in [0.3, 0.4) is 0 Å². The Labute approximate surface area is 788 Å². The molecule has 0 aliphatic rings. The number of hydrogen-bond donors (Lipinski definition) is 0. The van der Waals surface area contributed by atoms with Gasteiger partial charge in [-0.2, -0.15) is 0 Å². The van der Waals surface area contributed by atoms with Crippen molar-refractivity contribution in [3.8, 4) is 45.9 Å². The van der Waals surface area contributed by atoms with Crippen LogP contribution in [0.1, 0.15) is 203 Å². The summed E-state index contributed by atoms with van der Waals surface area (Å²) in [5.41, 5.74) is 27.3. The molecule has 0 amide bonds. The van der Waals surface area contributed by atoms with Gasteiger partial charge in [-0.3, -0.25) is 9.59 Å². The highest BCUT2D eigenvalue weighted by Gasteiger charge is 2.46. The number of fused-ring (bicyclic) bond motifs is 8. The molecule has 14 aromatic rings. The number of carbonyl (C=O) groups is 2. The van der Waals surface area contributed by atoms with Crippen molar-refractivity contribution >= 4 is 168 Å². The van der Waals surface area contributed by atoms with E-state index in [4.69, 9.17) is 18.3 Å². The molecule has 0 bridgehead atoms.